The van der Waals surface area contributed by atoms with Crippen molar-refractivity contribution in [3.63, 3.8) is 0 Å². The second-order valence-electron chi connectivity index (χ2n) is 6.72. The quantitative estimate of drug-likeness (QED) is 0.454. The fourth-order valence-corrected chi connectivity index (χ4v) is 2.94. The van der Waals surface area contributed by atoms with Crippen LogP contribution in [0.3, 0.4) is 0 Å². The van der Waals surface area contributed by atoms with E-state index in [4.69, 9.17) is 17.0 Å². The molecule has 0 bridgehead atoms. The minimum Gasteiger partial charge on any atom is -0.484 e. The molecule has 0 saturated heterocycles. The third kappa shape index (κ3) is 6.63. The van der Waals surface area contributed by atoms with Gasteiger partial charge in [-0.3, -0.25) is 10.2 Å². The summed E-state index contributed by atoms with van der Waals surface area (Å²) in [6.45, 7) is 1.95. The standard InChI is InChI=1S/C19H28N4O2S/c1-14(21-22-19(26)20-16-7-5-4-6-8-16)15-9-11-17(12-10-15)25-13-18(24)23(2)3/h9-12,16H,4-8,13H2,1-3H3,(H2,20,22,26)/b21-14+. The summed E-state index contributed by atoms with van der Waals surface area (Å²) < 4.78 is 5.47. The van der Waals surface area contributed by atoms with Crippen LogP contribution in [0.15, 0.2) is 29.4 Å². The molecule has 1 aromatic carbocycles. The van der Waals surface area contributed by atoms with E-state index < -0.39 is 0 Å². The third-order valence-electron chi connectivity index (χ3n) is 4.40. The van der Waals surface area contributed by atoms with Crippen molar-refractivity contribution in [1.82, 2.24) is 15.6 Å². The van der Waals surface area contributed by atoms with Crippen molar-refractivity contribution < 1.29 is 9.53 Å². The topological polar surface area (TPSA) is 66.0 Å². The van der Waals surface area contributed by atoms with Crippen LogP contribution in [0.5, 0.6) is 5.75 Å². The van der Waals surface area contributed by atoms with Gasteiger partial charge in [-0.2, -0.15) is 5.10 Å². The Morgan fingerprint density at radius 3 is 2.50 bits per heavy atom. The number of amides is 1. The molecule has 0 radical (unpaired) electrons. The molecule has 7 heteroatoms. The van der Waals surface area contributed by atoms with Crippen molar-refractivity contribution in [3.05, 3.63) is 29.8 Å². The number of nitrogens with zero attached hydrogens (tertiary/aromatic N) is 2. The lowest BCUT2D eigenvalue weighted by atomic mass is 9.96. The molecule has 1 aliphatic rings. The number of ether oxygens (including phenoxy) is 1. The van der Waals surface area contributed by atoms with Gasteiger partial charge in [0.05, 0.1) is 5.71 Å². The van der Waals surface area contributed by atoms with Crippen molar-refractivity contribution >= 4 is 28.9 Å². The minimum absolute atomic E-state index is 0.0298. The second kappa shape index (κ2) is 10.1. The first-order chi connectivity index (χ1) is 12.5. The zero-order chi connectivity index (χ0) is 18.9. The van der Waals surface area contributed by atoms with Crippen LogP contribution in [0.25, 0.3) is 0 Å². The number of hydrazone groups is 1. The number of carbonyl (C=O) groups excluding carboxylic acids is 1. The predicted octanol–water partition coefficient (Wildman–Crippen LogP) is 2.67. The first-order valence-electron chi connectivity index (χ1n) is 9.00. The average molecular weight is 377 g/mol. The van der Waals surface area contributed by atoms with Crippen LogP contribution in [0.1, 0.15) is 44.6 Å². The summed E-state index contributed by atoms with van der Waals surface area (Å²) >= 11 is 5.32. The molecule has 2 N–H and O–H groups in total. The molecule has 1 fully saturated rings. The van der Waals surface area contributed by atoms with E-state index in [1.165, 1.54) is 37.0 Å². The lowest BCUT2D eigenvalue weighted by molar-refractivity contribution is -0.130. The van der Waals surface area contributed by atoms with Crippen LogP contribution in [0.2, 0.25) is 0 Å². The molecular weight excluding hydrogens is 348 g/mol. The van der Waals surface area contributed by atoms with Crippen LogP contribution in [-0.2, 0) is 4.79 Å². The Labute approximate surface area is 161 Å². The van der Waals surface area contributed by atoms with Crippen molar-refractivity contribution in [3.8, 4) is 5.75 Å². The molecule has 1 aliphatic carbocycles. The van der Waals surface area contributed by atoms with E-state index in [0.29, 0.717) is 16.9 Å². The van der Waals surface area contributed by atoms with Crippen LogP contribution >= 0.6 is 12.2 Å². The van der Waals surface area contributed by atoms with Gasteiger partial charge in [-0.1, -0.05) is 19.3 Å². The van der Waals surface area contributed by atoms with Gasteiger partial charge in [-0.25, -0.2) is 0 Å². The van der Waals surface area contributed by atoms with Gasteiger partial charge in [0.25, 0.3) is 5.91 Å². The van der Waals surface area contributed by atoms with E-state index >= 15 is 0 Å². The Morgan fingerprint density at radius 2 is 1.88 bits per heavy atom. The zero-order valence-corrected chi connectivity index (χ0v) is 16.6. The number of hydrogen-bond donors (Lipinski definition) is 2. The van der Waals surface area contributed by atoms with Crippen molar-refractivity contribution in [2.24, 2.45) is 5.10 Å². The average Bonchev–Trinajstić information content (AvgIpc) is 2.65. The number of thiocarbonyl (C=S) groups is 1. The summed E-state index contributed by atoms with van der Waals surface area (Å²) in [5.41, 5.74) is 4.71. The highest BCUT2D eigenvalue weighted by Gasteiger charge is 2.13. The monoisotopic (exact) mass is 376 g/mol. The largest absolute Gasteiger partial charge is 0.484 e. The first-order valence-corrected chi connectivity index (χ1v) is 9.40. The molecule has 6 nitrogen and oxygen atoms in total. The fraction of sp³-hybridized carbons (Fsp3) is 0.526. The molecule has 26 heavy (non-hydrogen) atoms. The SMILES string of the molecule is C/C(=N\NC(=S)NC1CCCCC1)c1ccc(OCC(=O)N(C)C)cc1. The number of carbonyl (C=O) groups is 1. The van der Waals surface area contributed by atoms with Crippen LogP contribution in [-0.4, -0.2) is 48.4 Å². The lowest BCUT2D eigenvalue weighted by Gasteiger charge is -2.23. The maximum Gasteiger partial charge on any atom is 0.259 e. The third-order valence-corrected chi connectivity index (χ3v) is 4.61. The molecule has 1 aromatic rings. The van der Waals surface area contributed by atoms with E-state index in [0.717, 1.165) is 11.3 Å². The Balaban J connectivity index is 1.82. The summed E-state index contributed by atoms with van der Waals surface area (Å²) in [6.07, 6.45) is 6.18. The van der Waals surface area contributed by atoms with E-state index in [-0.39, 0.29) is 12.5 Å². The molecule has 0 atom stereocenters. The molecule has 0 aliphatic heterocycles. The van der Waals surface area contributed by atoms with Crippen molar-refractivity contribution in [2.75, 3.05) is 20.7 Å². The maximum absolute atomic E-state index is 11.5. The van der Waals surface area contributed by atoms with Gasteiger partial charge in [0.15, 0.2) is 11.7 Å². The summed E-state index contributed by atoms with van der Waals surface area (Å²) in [7, 11) is 3.41. The molecule has 0 heterocycles. The van der Waals surface area contributed by atoms with Gasteiger partial charge in [0, 0.05) is 20.1 Å². The summed E-state index contributed by atoms with van der Waals surface area (Å²) in [6, 6.07) is 7.94. The highest BCUT2D eigenvalue weighted by molar-refractivity contribution is 7.80. The highest BCUT2D eigenvalue weighted by atomic mass is 32.1. The van der Waals surface area contributed by atoms with Crippen LogP contribution in [0, 0.1) is 0 Å². The Hall–Kier alpha value is -2.15. The minimum atomic E-state index is -0.0741. The lowest BCUT2D eigenvalue weighted by Crippen LogP contribution is -2.41. The molecule has 0 spiro atoms. The van der Waals surface area contributed by atoms with Gasteiger partial charge in [0.2, 0.25) is 0 Å². The maximum atomic E-state index is 11.5. The number of benzene rings is 1. The van der Waals surface area contributed by atoms with Gasteiger partial charge < -0.3 is 15.0 Å². The Bertz CT molecular complexity index is 637. The van der Waals surface area contributed by atoms with E-state index in [2.05, 4.69) is 15.8 Å². The van der Waals surface area contributed by atoms with Gasteiger partial charge in [0.1, 0.15) is 5.75 Å². The molecule has 2 rings (SSSR count). The normalized spacial score (nSPS) is 15.3. The van der Waals surface area contributed by atoms with Crippen molar-refractivity contribution in [1.29, 1.82) is 0 Å². The van der Waals surface area contributed by atoms with E-state index in [1.807, 2.05) is 31.2 Å². The Morgan fingerprint density at radius 1 is 1.23 bits per heavy atom. The Kier molecular flexibility index (Phi) is 7.84. The molecule has 1 saturated carbocycles. The van der Waals surface area contributed by atoms with Crippen LogP contribution in [0.4, 0.5) is 0 Å². The van der Waals surface area contributed by atoms with Crippen molar-refractivity contribution in [2.45, 2.75) is 45.1 Å². The fourth-order valence-electron chi connectivity index (χ4n) is 2.73. The number of hydrogen-bond acceptors (Lipinski definition) is 4. The predicted molar refractivity (Wildman–Crippen MR) is 109 cm³/mol. The van der Waals surface area contributed by atoms with Gasteiger partial charge >= 0.3 is 0 Å². The van der Waals surface area contributed by atoms with Gasteiger partial charge in [-0.05, 0) is 61.8 Å². The number of nitrogens with one attached hydrogen (secondary N) is 2. The molecular formula is C19H28N4O2S. The zero-order valence-electron chi connectivity index (χ0n) is 15.7. The highest BCUT2D eigenvalue weighted by Crippen LogP contribution is 2.17. The smallest absolute Gasteiger partial charge is 0.259 e. The molecule has 0 aromatic heterocycles. The molecule has 142 valence electrons. The van der Waals surface area contributed by atoms with E-state index in [9.17, 15) is 4.79 Å². The first kappa shape index (κ1) is 20.2. The van der Waals surface area contributed by atoms with Gasteiger partial charge in [-0.15, -0.1) is 0 Å². The summed E-state index contributed by atoms with van der Waals surface area (Å²) in [4.78, 5) is 13.0. The number of likely N-dealkylation sites (N-methyl/N-ethyl adjacent to an activating group) is 1. The van der Waals surface area contributed by atoms with E-state index in [1.54, 1.807) is 14.1 Å². The molecule has 0 unspecified atom stereocenters. The number of rotatable bonds is 6. The summed E-state index contributed by atoms with van der Waals surface area (Å²) in [5.74, 6) is 0.578. The summed E-state index contributed by atoms with van der Waals surface area (Å²) in [5, 5.41) is 8.24. The second-order valence-corrected chi connectivity index (χ2v) is 7.13. The van der Waals surface area contributed by atoms with Crippen LogP contribution < -0.4 is 15.5 Å². The molecule has 1 amide bonds.